The van der Waals surface area contributed by atoms with E-state index in [1.54, 1.807) is 31.4 Å². The molecule has 0 unspecified atom stereocenters. The Morgan fingerprint density at radius 2 is 1.28 bits per heavy atom. The Labute approximate surface area is 158 Å². The fraction of sp³-hybridized carbons (Fsp3) is 0.579. The minimum atomic E-state index is -2.93. The summed E-state index contributed by atoms with van der Waals surface area (Å²) in [5.41, 5.74) is -1.23. The van der Waals surface area contributed by atoms with Crippen LogP contribution in [-0.2, 0) is 15.7 Å². The van der Waals surface area contributed by atoms with E-state index >= 15 is 0 Å². The zero-order chi connectivity index (χ0) is 19.3. The maximum atomic E-state index is 12.5. The molecule has 1 aromatic rings. The van der Waals surface area contributed by atoms with Crippen molar-refractivity contribution in [2.45, 2.75) is 54.4 Å². The standard InChI is InChI=1S/C19H29IO5/c1-8-18(3,4)16(21)24-20(25-17(22)19(5,6)9-2)14-10-12-15(23-7)13-11-14/h10-13H,8-9H2,1-7H3. The van der Waals surface area contributed by atoms with E-state index in [0.29, 0.717) is 18.6 Å². The van der Waals surface area contributed by atoms with Crippen LogP contribution >= 0.6 is 20.6 Å². The van der Waals surface area contributed by atoms with Crippen LogP contribution < -0.4 is 4.74 Å². The van der Waals surface area contributed by atoms with Gasteiger partial charge < -0.3 is 0 Å². The van der Waals surface area contributed by atoms with Gasteiger partial charge in [-0.1, -0.05) is 0 Å². The first kappa shape index (κ1) is 21.7. The number of ether oxygens (including phenoxy) is 1. The number of carbonyl (C=O) groups excluding carboxylic acids is 2. The van der Waals surface area contributed by atoms with Crippen LogP contribution in [0.5, 0.6) is 5.75 Å². The van der Waals surface area contributed by atoms with Crippen LogP contribution in [0.4, 0.5) is 0 Å². The summed E-state index contributed by atoms with van der Waals surface area (Å²) < 4.78 is 17.3. The fourth-order valence-corrected chi connectivity index (χ4v) is 4.87. The molecule has 0 aliphatic rings. The van der Waals surface area contributed by atoms with Crippen LogP contribution in [0.25, 0.3) is 0 Å². The van der Waals surface area contributed by atoms with Crippen LogP contribution in [-0.4, -0.2) is 19.0 Å². The summed E-state index contributed by atoms with van der Waals surface area (Å²) in [5, 5.41) is 0. The van der Waals surface area contributed by atoms with E-state index in [4.69, 9.17) is 10.9 Å². The first-order valence-corrected chi connectivity index (χ1v) is 11.2. The summed E-state index contributed by atoms with van der Waals surface area (Å²) in [5.74, 6) is 0.0243. The fourth-order valence-electron chi connectivity index (χ4n) is 1.40. The quantitative estimate of drug-likeness (QED) is 0.498. The number of rotatable bonds is 8. The molecule has 0 atom stereocenters. The van der Waals surface area contributed by atoms with Gasteiger partial charge in [-0.05, 0) is 0 Å². The Morgan fingerprint density at radius 3 is 1.60 bits per heavy atom. The summed E-state index contributed by atoms with van der Waals surface area (Å²) in [4.78, 5) is 25.0. The van der Waals surface area contributed by atoms with Gasteiger partial charge in [0.25, 0.3) is 0 Å². The number of hydrogen-bond acceptors (Lipinski definition) is 5. The maximum absolute atomic E-state index is 12.5. The Morgan fingerprint density at radius 1 is 0.880 bits per heavy atom. The molecule has 6 heteroatoms. The Kier molecular flexibility index (Phi) is 7.71. The van der Waals surface area contributed by atoms with E-state index in [1.807, 2.05) is 41.5 Å². The summed E-state index contributed by atoms with van der Waals surface area (Å²) in [6, 6.07) is 7.14. The summed E-state index contributed by atoms with van der Waals surface area (Å²) in [6.45, 7) is 11.2. The SMILES string of the molecule is CCC(C)(C)C(=O)OI(OC(=O)C(C)(C)CC)c1ccc(OC)cc1. The van der Waals surface area contributed by atoms with Crippen molar-refractivity contribution in [3.63, 3.8) is 0 Å². The average Bonchev–Trinajstić information content (AvgIpc) is 2.60. The molecular weight excluding hydrogens is 435 g/mol. The number of benzene rings is 1. The second kappa shape index (κ2) is 8.87. The molecule has 0 aliphatic carbocycles. The molecule has 0 saturated heterocycles. The molecule has 0 spiro atoms. The monoisotopic (exact) mass is 464 g/mol. The number of hydrogen-bond donors (Lipinski definition) is 0. The van der Waals surface area contributed by atoms with Crippen molar-refractivity contribution in [2.75, 3.05) is 7.11 Å². The van der Waals surface area contributed by atoms with Crippen molar-refractivity contribution in [3.8, 4) is 5.75 Å². The Hall–Kier alpha value is -1.31. The third-order valence-electron chi connectivity index (χ3n) is 4.38. The van der Waals surface area contributed by atoms with E-state index < -0.39 is 31.5 Å². The van der Waals surface area contributed by atoms with E-state index in [9.17, 15) is 9.59 Å². The second-order valence-electron chi connectivity index (χ2n) is 7.08. The molecule has 0 fully saturated rings. The number of methoxy groups -OCH3 is 1. The Balaban J connectivity index is 3.08. The Bertz CT molecular complexity index is 562. The summed E-state index contributed by atoms with van der Waals surface area (Å²) >= 11 is -2.93. The van der Waals surface area contributed by atoms with Crippen LogP contribution in [0.3, 0.4) is 0 Å². The molecule has 0 bridgehead atoms. The van der Waals surface area contributed by atoms with Crippen molar-refractivity contribution in [3.05, 3.63) is 27.8 Å². The van der Waals surface area contributed by atoms with Crippen LogP contribution in [0.1, 0.15) is 54.4 Å². The van der Waals surface area contributed by atoms with Crippen LogP contribution in [0.15, 0.2) is 24.3 Å². The van der Waals surface area contributed by atoms with E-state index in [1.165, 1.54) is 0 Å². The third-order valence-corrected chi connectivity index (χ3v) is 7.72. The van der Waals surface area contributed by atoms with E-state index in [0.717, 1.165) is 3.57 Å². The molecule has 0 heterocycles. The molecule has 1 aromatic carbocycles. The topological polar surface area (TPSA) is 61.8 Å². The van der Waals surface area contributed by atoms with Crippen LogP contribution in [0.2, 0.25) is 0 Å². The molecule has 0 aliphatic heterocycles. The van der Waals surface area contributed by atoms with Gasteiger partial charge >= 0.3 is 159 Å². The van der Waals surface area contributed by atoms with Gasteiger partial charge in [0.15, 0.2) is 0 Å². The predicted molar refractivity (Wildman–Crippen MR) is 106 cm³/mol. The normalized spacial score (nSPS) is 12.4. The van der Waals surface area contributed by atoms with E-state index in [2.05, 4.69) is 0 Å². The molecule has 1 rings (SSSR count). The zero-order valence-electron chi connectivity index (χ0n) is 16.1. The molecule has 0 saturated carbocycles. The summed E-state index contributed by atoms with van der Waals surface area (Å²) in [6.07, 6.45) is 1.29. The van der Waals surface area contributed by atoms with Gasteiger partial charge in [-0.15, -0.1) is 0 Å². The van der Waals surface area contributed by atoms with Gasteiger partial charge in [0.1, 0.15) is 0 Å². The summed E-state index contributed by atoms with van der Waals surface area (Å²) in [7, 11) is 1.58. The second-order valence-corrected chi connectivity index (χ2v) is 10.4. The van der Waals surface area contributed by atoms with Gasteiger partial charge in [0.2, 0.25) is 0 Å². The van der Waals surface area contributed by atoms with Gasteiger partial charge in [-0.2, -0.15) is 0 Å². The first-order valence-electron chi connectivity index (χ1n) is 8.37. The minimum absolute atomic E-state index is 0.335. The van der Waals surface area contributed by atoms with Crippen molar-refractivity contribution in [2.24, 2.45) is 10.8 Å². The molecule has 0 amide bonds. The molecule has 0 aromatic heterocycles. The molecule has 0 N–H and O–H groups in total. The van der Waals surface area contributed by atoms with E-state index in [-0.39, 0.29) is 11.9 Å². The molecule has 5 nitrogen and oxygen atoms in total. The van der Waals surface area contributed by atoms with Crippen molar-refractivity contribution < 1.29 is 20.5 Å². The van der Waals surface area contributed by atoms with Crippen LogP contribution in [0, 0.1) is 14.4 Å². The van der Waals surface area contributed by atoms with Crippen molar-refractivity contribution in [1.82, 2.24) is 0 Å². The molecular formula is C19H29IO5. The average molecular weight is 464 g/mol. The molecule has 25 heavy (non-hydrogen) atoms. The predicted octanol–water partition coefficient (Wildman–Crippen LogP) is 5.16. The first-order chi connectivity index (χ1) is 11.6. The third kappa shape index (κ3) is 5.87. The van der Waals surface area contributed by atoms with Gasteiger partial charge in [0.05, 0.1) is 0 Å². The molecule has 0 radical (unpaired) electrons. The van der Waals surface area contributed by atoms with Crippen molar-refractivity contribution >= 4 is 32.6 Å². The van der Waals surface area contributed by atoms with Gasteiger partial charge in [0, 0.05) is 0 Å². The number of halogens is 1. The number of carbonyl (C=O) groups is 2. The van der Waals surface area contributed by atoms with Gasteiger partial charge in [-0.3, -0.25) is 0 Å². The molecule has 142 valence electrons. The van der Waals surface area contributed by atoms with Gasteiger partial charge in [-0.25, -0.2) is 0 Å². The van der Waals surface area contributed by atoms with Crippen molar-refractivity contribution in [1.29, 1.82) is 0 Å². The zero-order valence-corrected chi connectivity index (χ0v) is 18.3.